The molecule has 0 bridgehead atoms. The van der Waals surface area contributed by atoms with Crippen LogP contribution in [0.1, 0.15) is 19.3 Å². The molecule has 0 radical (unpaired) electrons. The Labute approximate surface area is 130 Å². The normalized spacial score (nSPS) is 21.4. The lowest BCUT2D eigenvalue weighted by Gasteiger charge is -2.34. The molecule has 0 aromatic rings. The summed E-state index contributed by atoms with van der Waals surface area (Å²) in [5.41, 5.74) is 0. The highest BCUT2D eigenvalue weighted by atomic mass is 32.2. The Morgan fingerprint density at radius 2 is 1.81 bits per heavy atom. The summed E-state index contributed by atoms with van der Waals surface area (Å²) in [6, 6.07) is 0. The first-order valence-corrected chi connectivity index (χ1v) is 8.74. The average Bonchev–Trinajstić information content (AvgIpc) is 2.52. The van der Waals surface area contributed by atoms with Gasteiger partial charge in [0, 0.05) is 38.0 Å². The fraction of sp³-hybridized carbons (Fsp3) is 0.857. The fourth-order valence-corrected chi connectivity index (χ4v) is 3.85. The molecule has 1 amide bonds. The number of piperazine rings is 1. The topological polar surface area (TPSA) is 72.9 Å². The summed E-state index contributed by atoms with van der Waals surface area (Å²) in [5.74, 6) is 0.0584. The van der Waals surface area contributed by atoms with Gasteiger partial charge >= 0.3 is 5.97 Å². The van der Waals surface area contributed by atoms with Crippen LogP contribution in [-0.2, 0) is 9.59 Å². The number of piperidine rings is 1. The summed E-state index contributed by atoms with van der Waals surface area (Å²) in [6.07, 6.45) is 2.49. The number of nitrogens with one attached hydrogen (secondary N) is 1. The van der Waals surface area contributed by atoms with Crippen molar-refractivity contribution in [3.63, 3.8) is 0 Å². The first kappa shape index (κ1) is 16.6. The van der Waals surface area contributed by atoms with Crippen LogP contribution >= 0.6 is 11.8 Å². The summed E-state index contributed by atoms with van der Waals surface area (Å²) < 4.78 is 0. The molecule has 6 nitrogen and oxygen atoms in total. The number of carbonyl (C=O) groups excluding carboxylic acids is 1. The zero-order valence-electron chi connectivity index (χ0n) is 12.4. The third kappa shape index (κ3) is 5.84. The van der Waals surface area contributed by atoms with Crippen LogP contribution in [0.2, 0.25) is 0 Å². The van der Waals surface area contributed by atoms with Crippen molar-refractivity contribution in [3.05, 3.63) is 0 Å². The smallest absolute Gasteiger partial charge is 0.304 e. The van der Waals surface area contributed by atoms with E-state index in [0.29, 0.717) is 17.5 Å². The Hall–Kier alpha value is -0.790. The van der Waals surface area contributed by atoms with Crippen LogP contribution in [0.3, 0.4) is 0 Å². The van der Waals surface area contributed by atoms with E-state index in [4.69, 9.17) is 5.11 Å². The Morgan fingerprint density at radius 1 is 1.14 bits per heavy atom. The van der Waals surface area contributed by atoms with Gasteiger partial charge in [0.2, 0.25) is 5.91 Å². The lowest BCUT2D eigenvalue weighted by molar-refractivity contribution is -0.138. The van der Waals surface area contributed by atoms with Crippen LogP contribution in [0.15, 0.2) is 0 Å². The molecule has 2 aliphatic rings. The summed E-state index contributed by atoms with van der Waals surface area (Å²) in [5, 5.41) is 12.6. The van der Waals surface area contributed by atoms with E-state index >= 15 is 0 Å². The van der Waals surface area contributed by atoms with E-state index in [0.717, 1.165) is 52.1 Å². The van der Waals surface area contributed by atoms with Gasteiger partial charge in [0.25, 0.3) is 0 Å². The Morgan fingerprint density at radius 3 is 2.43 bits per heavy atom. The first-order valence-electron chi connectivity index (χ1n) is 7.69. The molecule has 2 saturated heterocycles. The quantitative estimate of drug-likeness (QED) is 0.724. The number of hydrogen-bond donors (Lipinski definition) is 2. The van der Waals surface area contributed by atoms with Gasteiger partial charge in [0.1, 0.15) is 0 Å². The van der Waals surface area contributed by atoms with Gasteiger partial charge in [-0.1, -0.05) is 0 Å². The molecule has 2 N–H and O–H groups in total. The van der Waals surface area contributed by atoms with Crippen molar-refractivity contribution in [1.82, 2.24) is 15.1 Å². The molecule has 2 rings (SSSR count). The summed E-state index contributed by atoms with van der Waals surface area (Å²) in [4.78, 5) is 26.8. The molecule has 0 atom stereocenters. The van der Waals surface area contributed by atoms with E-state index in [-0.39, 0.29) is 12.3 Å². The molecule has 0 saturated carbocycles. The van der Waals surface area contributed by atoms with Gasteiger partial charge in [-0.15, -0.1) is 11.8 Å². The molecule has 7 heteroatoms. The predicted octanol–water partition coefficient (Wildman–Crippen LogP) is 0.0905. The van der Waals surface area contributed by atoms with Crippen molar-refractivity contribution in [1.29, 1.82) is 0 Å². The molecule has 2 heterocycles. The van der Waals surface area contributed by atoms with Crippen LogP contribution in [0.4, 0.5) is 0 Å². The third-order valence-electron chi connectivity index (χ3n) is 4.10. The highest BCUT2D eigenvalue weighted by Crippen LogP contribution is 2.20. The lowest BCUT2D eigenvalue weighted by Crippen LogP contribution is -2.49. The van der Waals surface area contributed by atoms with Gasteiger partial charge in [-0.2, -0.15) is 0 Å². The molecule has 21 heavy (non-hydrogen) atoms. The molecule has 0 spiro atoms. The predicted molar refractivity (Wildman–Crippen MR) is 83.6 cm³/mol. The molecular formula is C14H25N3O3S. The van der Waals surface area contributed by atoms with Gasteiger partial charge in [0.05, 0.1) is 12.2 Å². The molecule has 0 aliphatic carbocycles. The number of nitrogens with zero attached hydrogens (tertiary/aromatic N) is 2. The van der Waals surface area contributed by atoms with Gasteiger partial charge in [-0.25, -0.2) is 0 Å². The minimum absolute atomic E-state index is 0.180. The van der Waals surface area contributed by atoms with Crippen molar-refractivity contribution >= 4 is 23.6 Å². The average molecular weight is 315 g/mol. The molecule has 0 unspecified atom stereocenters. The minimum atomic E-state index is -0.758. The number of hydrogen-bond acceptors (Lipinski definition) is 5. The second-order valence-electron chi connectivity index (χ2n) is 5.63. The van der Waals surface area contributed by atoms with Crippen LogP contribution in [-0.4, -0.2) is 83.6 Å². The number of carboxylic acids is 1. The zero-order chi connectivity index (χ0) is 15.1. The van der Waals surface area contributed by atoms with Crippen molar-refractivity contribution in [2.75, 3.05) is 51.6 Å². The van der Waals surface area contributed by atoms with Crippen molar-refractivity contribution in [2.24, 2.45) is 0 Å². The number of rotatable bonds is 6. The van der Waals surface area contributed by atoms with E-state index in [9.17, 15) is 9.59 Å². The highest BCUT2D eigenvalue weighted by molar-refractivity contribution is 8.00. The minimum Gasteiger partial charge on any atom is -0.481 e. The van der Waals surface area contributed by atoms with Crippen molar-refractivity contribution in [2.45, 2.75) is 24.5 Å². The molecule has 0 aromatic heterocycles. The van der Waals surface area contributed by atoms with Crippen molar-refractivity contribution < 1.29 is 14.7 Å². The Kier molecular flexibility index (Phi) is 6.79. The number of carbonyl (C=O) groups is 2. The monoisotopic (exact) mass is 315 g/mol. The number of carboxylic acid groups (broad SMARTS) is 1. The maximum Gasteiger partial charge on any atom is 0.304 e. The van der Waals surface area contributed by atoms with Gasteiger partial charge < -0.3 is 15.3 Å². The second kappa shape index (κ2) is 8.60. The van der Waals surface area contributed by atoms with Crippen LogP contribution < -0.4 is 5.32 Å². The van der Waals surface area contributed by atoms with Gasteiger partial charge in [0.15, 0.2) is 0 Å². The summed E-state index contributed by atoms with van der Waals surface area (Å²) in [6.45, 7) is 5.74. The largest absolute Gasteiger partial charge is 0.481 e. The molecule has 0 aromatic carbocycles. The zero-order valence-corrected chi connectivity index (χ0v) is 13.2. The maximum absolute atomic E-state index is 12.2. The number of amides is 1. The third-order valence-corrected chi connectivity index (χ3v) is 5.45. The van der Waals surface area contributed by atoms with Crippen LogP contribution in [0, 0.1) is 0 Å². The fourth-order valence-electron chi connectivity index (χ4n) is 2.72. The molecule has 2 fully saturated rings. The molecule has 120 valence electrons. The molecule has 2 aliphatic heterocycles. The van der Waals surface area contributed by atoms with Crippen LogP contribution in [0.5, 0.6) is 0 Å². The lowest BCUT2D eigenvalue weighted by atomic mass is 10.2. The second-order valence-corrected chi connectivity index (χ2v) is 6.92. The van der Waals surface area contributed by atoms with E-state index in [1.165, 1.54) is 0 Å². The summed E-state index contributed by atoms with van der Waals surface area (Å²) in [7, 11) is 0. The van der Waals surface area contributed by atoms with Crippen molar-refractivity contribution in [3.8, 4) is 0 Å². The van der Waals surface area contributed by atoms with E-state index in [1.54, 1.807) is 11.8 Å². The van der Waals surface area contributed by atoms with Gasteiger partial charge in [-0.05, 0) is 25.9 Å². The Bertz CT molecular complexity index is 353. The standard InChI is InChI=1S/C14H25N3O3S/c18-13(11-21-12-1-4-15-5-2-12)17-9-7-16(8-10-17)6-3-14(19)20/h12,15H,1-11H2,(H,19,20). The highest BCUT2D eigenvalue weighted by Gasteiger charge is 2.22. The first-order chi connectivity index (χ1) is 10.1. The Balaban J connectivity index is 1.62. The van der Waals surface area contributed by atoms with Crippen LogP contribution in [0.25, 0.3) is 0 Å². The van der Waals surface area contributed by atoms with E-state index < -0.39 is 5.97 Å². The summed E-state index contributed by atoms with van der Waals surface area (Å²) >= 11 is 1.79. The number of aliphatic carboxylic acids is 1. The number of thioether (sulfide) groups is 1. The maximum atomic E-state index is 12.2. The SMILES string of the molecule is O=C(O)CCN1CCN(C(=O)CSC2CCNCC2)CC1. The van der Waals surface area contributed by atoms with E-state index in [2.05, 4.69) is 10.2 Å². The van der Waals surface area contributed by atoms with E-state index in [1.807, 2.05) is 4.90 Å². The molecular weight excluding hydrogens is 290 g/mol. The van der Waals surface area contributed by atoms with Gasteiger partial charge in [-0.3, -0.25) is 14.5 Å².